The van der Waals surface area contributed by atoms with Crippen LogP contribution in [0.1, 0.15) is 24.8 Å². The zero-order chi connectivity index (χ0) is 24.6. The maximum atomic E-state index is 13.1. The Hall–Kier alpha value is -3.82. The number of aromatic nitrogens is 1. The van der Waals surface area contributed by atoms with Crippen LogP contribution in [0.4, 0.5) is 29.3 Å². The molecular formula is C25H23F3N4O3. The summed E-state index contributed by atoms with van der Waals surface area (Å²) >= 11 is 0. The second-order valence-electron chi connectivity index (χ2n) is 8.60. The SMILES string of the molecule is O=C1CN(Cc2ccnc3c(N4CCCCC4)cccc23)C(=O)N1c1ccc(OC(F)(F)F)cc1. The second kappa shape index (κ2) is 9.09. The lowest BCUT2D eigenvalue weighted by atomic mass is 10.0. The Morgan fingerprint density at radius 2 is 1.69 bits per heavy atom. The van der Waals surface area contributed by atoms with Crippen LogP contribution in [0, 0.1) is 0 Å². The Kier molecular flexibility index (Phi) is 5.96. The number of halogens is 3. The summed E-state index contributed by atoms with van der Waals surface area (Å²) in [7, 11) is 0. The lowest BCUT2D eigenvalue weighted by molar-refractivity contribution is -0.274. The summed E-state index contributed by atoms with van der Waals surface area (Å²) < 4.78 is 41.1. The summed E-state index contributed by atoms with van der Waals surface area (Å²) in [5.41, 5.74) is 2.98. The first kappa shape index (κ1) is 22.9. The number of pyridine rings is 1. The Balaban J connectivity index is 1.37. The number of amides is 3. The van der Waals surface area contributed by atoms with Crippen LogP contribution in [0.2, 0.25) is 0 Å². The number of urea groups is 1. The van der Waals surface area contributed by atoms with E-state index >= 15 is 0 Å². The number of anilines is 2. The van der Waals surface area contributed by atoms with Gasteiger partial charge in [0.1, 0.15) is 12.3 Å². The van der Waals surface area contributed by atoms with Gasteiger partial charge in [-0.15, -0.1) is 13.2 Å². The van der Waals surface area contributed by atoms with Crippen molar-refractivity contribution in [2.75, 3.05) is 29.4 Å². The minimum Gasteiger partial charge on any atom is -0.406 e. The molecule has 3 heterocycles. The van der Waals surface area contributed by atoms with Crippen LogP contribution in [-0.2, 0) is 11.3 Å². The molecule has 5 rings (SSSR count). The van der Waals surface area contributed by atoms with Gasteiger partial charge in [0.2, 0.25) is 0 Å². The van der Waals surface area contributed by atoms with Gasteiger partial charge < -0.3 is 14.5 Å². The van der Waals surface area contributed by atoms with Gasteiger partial charge in [-0.2, -0.15) is 0 Å². The Labute approximate surface area is 199 Å². The van der Waals surface area contributed by atoms with E-state index < -0.39 is 24.1 Å². The molecule has 0 aliphatic carbocycles. The minimum absolute atomic E-state index is 0.130. The number of nitrogens with zero attached hydrogens (tertiary/aromatic N) is 4. The zero-order valence-electron chi connectivity index (χ0n) is 18.8. The van der Waals surface area contributed by atoms with Crippen LogP contribution in [0.15, 0.2) is 54.7 Å². The summed E-state index contributed by atoms with van der Waals surface area (Å²) in [4.78, 5) is 35.1. The number of benzene rings is 2. The van der Waals surface area contributed by atoms with Crippen molar-refractivity contribution in [3.05, 3.63) is 60.3 Å². The molecule has 10 heteroatoms. The van der Waals surface area contributed by atoms with Crippen molar-refractivity contribution in [3.63, 3.8) is 0 Å². The largest absolute Gasteiger partial charge is 0.573 e. The third-order valence-corrected chi connectivity index (χ3v) is 6.26. The average Bonchev–Trinajstić information content (AvgIpc) is 3.11. The Morgan fingerprint density at radius 3 is 2.40 bits per heavy atom. The molecule has 0 spiro atoms. The summed E-state index contributed by atoms with van der Waals surface area (Å²) in [5.74, 6) is -0.878. The molecule has 1 aromatic heterocycles. The van der Waals surface area contributed by atoms with Gasteiger partial charge in [0, 0.05) is 31.2 Å². The van der Waals surface area contributed by atoms with Crippen LogP contribution in [0.5, 0.6) is 5.75 Å². The van der Waals surface area contributed by atoms with Crippen LogP contribution >= 0.6 is 0 Å². The highest BCUT2D eigenvalue weighted by atomic mass is 19.4. The van der Waals surface area contributed by atoms with E-state index in [1.807, 2.05) is 18.2 Å². The fraction of sp³-hybridized carbons (Fsp3) is 0.320. The number of alkyl halides is 3. The van der Waals surface area contributed by atoms with Crippen molar-refractivity contribution >= 4 is 34.2 Å². The van der Waals surface area contributed by atoms with Gasteiger partial charge in [-0.3, -0.25) is 9.78 Å². The van der Waals surface area contributed by atoms with Gasteiger partial charge in [-0.25, -0.2) is 9.69 Å². The highest BCUT2D eigenvalue weighted by Crippen LogP contribution is 2.31. The van der Waals surface area contributed by atoms with E-state index in [1.54, 1.807) is 6.20 Å². The lowest BCUT2D eigenvalue weighted by Gasteiger charge is -2.29. The van der Waals surface area contributed by atoms with Crippen LogP contribution in [-0.4, -0.2) is 47.8 Å². The normalized spacial score (nSPS) is 16.9. The number of para-hydroxylation sites is 1. The van der Waals surface area contributed by atoms with E-state index in [0.717, 1.165) is 65.1 Å². The molecule has 2 aliphatic heterocycles. The molecule has 3 amide bonds. The lowest BCUT2D eigenvalue weighted by Crippen LogP contribution is -2.32. The second-order valence-corrected chi connectivity index (χ2v) is 8.60. The Morgan fingerprint density at radius 1 is 0.943 bits per heavy atom. The molecule has 0 radical (unpaired) electrons. The Bertz CT molecular complexity index is 1260. The van der Waals surface area contributed by atoms with Gasteiger partial charge in [0.05, 0.1) is 16.9 Å². The molecule has 182 valence electrons. The number of carbonyl (C=O) groups is 2. The predicted octanol–water partition coefficient (Wildman–Crippen LogP) is 5.09. The average molecular weight is 484 g/mol. The van der Waals surface area contributed by atoms with Crippen LogP contribution < -0.4 is 14.5 Å². The molecular weight excluding hydrogens is 461 g/mol. The van der Waals surface area contributed by atoms with Crippen LogP contribution in [0.3, 0.4) is 0 Å². The van der Waals surface area contributed by atoms with E-state index in [4.69, 9.17) is 0 Å². The van der Waals surface area contributed by atoms with E-state index in [2.05, 4.69) is 20.7 Å². The summed E-state index contributed by atoms with van der Waals surface area (Å²) in [6.45, 7) is 2.03. The summed E-state index contributed by atoms with van der Waals surface area (Å²) in [5, 5.41) is 0.919. The fourth-order valence-corrected chi connectivity index (χ4v) is 4.68. The first-order valence-electron chi connectivity index (χ1n) is 11.4. The van der Waals surface area contributed by atoms with Crippen molar-refractivity contribution in [1.29, 1.82) is 0 Å². The quantitative estimate of drug-likeness (QED) is 0.472. The van der Waals surface area contributed by atoms with Gasteiger partial charge in [0.15, 0.2) is 0 Å². The smallest absolute Gasteiger partial charge is 0.406 e. The topological polar surface area (TPSA) is 66.0 Å². The number of carbonyl (C=O) groups excluding carboxylic acids is 2. The fourth-order valence-electron chi connectivity index (χ4n) is 4.68. The molecule has 0 unspecified atom stereocenters. The molecule has 0 N–H and O–H groups in total. The minimum atomic E-state index is -4.82. The molecule has 2 aromatic carbocycles. The predicted molar refractivity (Wildman–Crippen MR) is 124 cm³/mol. The molecule has 2 saturated heterocycles. The summed E-state index contributed by atoms with van der Waals surface area (Å²) in [6, 6.07) is 12.0. The van der Waals surface area contributed by atoms with E-state index in [1.165, 1.54) is 23.5 Å². The van der Waals surface area contributed by atoms with Crippen molar-refractivity contribution in [2.45, 2.75) is 32.2 Å². The third-order valence-electron chi connectivity index (χ3n) is 6.26. The molecule has 35 heavy (non-hydrogen) atoms. The highest BCUT2D eigenvalue weighted by Gasteiger charge is 2.37. The first-order chi connectivity index (χ1) is 16.8. The van der Waals surface area contributed by atoms with Gasteiger partial charge in [-0.05, 0) is 61.2 Å². The van der Waals surface area contributed by atoms with Gasteiger partial charge in [-0.1, -0.05) is 12.1 Å². The molecule has 0 bridgehead atoms. The van der Waals surface area contributed by atoms with Crippen molar-refractivity contribution in [3.8, 4) is 5.75 Å². The molecule has 3 aromatic rings. The molecule has 2 aliphatic rings. The van der Waals surface area contributed by atoms with E-state index in [-0.39, 0.29) is 18.8 Å². The van der Waals surface area contributed by atoms with Gasteiger partial charge in [0.25, 0.3) is 5.91 Å². The number of imide groups is 1. The van der Waals surface area contributed by atoms with Crippen molar-refractivity contribution in [2.24, 2.45) is 0 Å². The number of fused-ring (bicyclic) bond motifs is 1. The maximum Gasteiger partial charge on any atom is 0.573 e. The molecule has 0 atom stereocenters. The van der Waals surface area contributed by atoms with Crippen molar-refractivity contribution < 1.29 is 27.5 Å². The molecule has 7 nitrogen and oxygen atoms in total. The van der Waals surface area contributed by atoms with Gasteiger partial charge >= 0.3 is 12.4 Å². The standard InChI is InChI=1S/C25H23F3N4O3/c26-25(27,28)35-19-9-7-18(8-10-19)32-22(33)16-31(24(32)34)15-17-11-12-29-23-20(17)5-4-6-21(23)30-13-2-1-3-14-30/h4-12H,1-3,13-16H2. The van der Waals surface area contributed by atoms with E-state index in [0.29, 0.717) is 0 Å². The summed E-state index contributed by atoms with van der Waals surface area (Å²) in [6.07, 6.45) is 0.391. The monoisotopic (exact) mass is 484 g/mol. The molecule has 2 fully saturated rings. The third kappa shape index (κ3) is 4.73. The zero-order valence-corrected chi connectivity index (χ0v) is 18.8. The number of ether oxygens (including phenoxy) is 1. The number of hydrogen-bond acceptors (Lipinski definition) is 5. The van der Waals surface area contributed by atoms with E-state index in [9.17, 15) is 22.8 Å². The highest BCUT2D eigenvalue weighted by molar-refractivity contribution is 6.19. The number of piperidine rings is 1. The maximum absolute atomic E-state index is 13.1. The first-order valence-corrected chi connectivity index (χ1v) is 11.4. The molecule has 0 saturated carbocycles. The van der Waals surface area contributed by atoms with Crippen LogP contribution in [0.25, 0.3) is 10.9 Å². The van der Waals surface area contributed by atoms with Crippen molar-refractivity contribution in [1.82, 2.24) is 9.88 Å². The number of rotatable bonds is 5. The number of hydrogen-bond donors (Lipinski definition) is 0.